The summed E-state index contributed by atoms with van der Waals surface area (Å²) in [6.45, 7) is 6.73. The largest absolute Gasteiger partial charge is 0.374 e. The SMILES string of the molecule is Cc1cc(Cl)ccc1CN(C)CC1CNCCO1. The Hall–Kier alpha value is -0.610. The first-order chi connectivity index (χ1) is 8.65. The molecule has 1 aliphatic rings. The summed E-state index contributed by atoms with van der Waals surface area (Å²) in [6.07, 6.45) is 0.302. The second-order valence-electron chi connectivity index (χ2n) is 4.96. The molecule has 0 aromatic heterocycles. The zero-order valence-corrected chi connectivity index (χ0v) is 11.8. The third kappa shape index (κ3) is 3.95. The summed E-state index contributed by atoms with van der Waals surface area (Å²) in [4.78, 5) is 2.30. The third-order valence-corrected chi connectivity index (χ3v) is 3.50. The molecule has 1 atom stereocenters. The zero-order chi connectivity index (χ0) is 13.0. The third-order valence-electron chi connectivity index (χ3n) is 3.26. The highest BCUT2D eigenvalue weighted by molar-refractivity contribution is 6.30. The molecule has 0 spiro atoms. The maximum atomic E-state index is 5.97. The number of nitrogens with one attached hydrogen (secondary N) is 1. The number of ether oxygens (including phenoxy) is 1. The van der Waals surface area contributed by atoms with Crippen LogP contribution in [0.15, 0.2) is 18.2 Å². The van der Waals surface area contributed by atoms with Crippen molar-refractivity contribution < 1.29 is 4.74 Å². The first kappa shape index (κ1) is 13.8. The molecule has 18 heavy (non-hydrogen) atoms. The maximum absolute atomic E-state index is 5.97. The summed E-state index contributed by atoms with van der Waals surface area (Å²) >= 11 is 5.97. The van der Waals surface area contributed by atoms with Gasteiger partial charge in [-0.05, 0) is 37.2 Å². The predicted octanol–water partition coefficient (Wildman–Crippen LogP) is 2.07. The van der Waals surface area contributed by atoms with Gasteiger partial charge < -0.3 is 10.1 Å². The summed E-state index contributed by atoms with van der Waals surface area (Å²) < 4.78 is 5.71. The van der Waals surface area contributed by atoms with Gasteiger partial charge in [-0.3, -0.25) is 4.90 Å². The fourth-order valence-electron chi connectivity index (χ4n) is 2.28. The summed E-state index contributed by atoms with van der Waals surface area (Å²) in [6, 6.07) is 6.08. The molecule has 0 radical (unpaired) electrons. The molecular weight excluding hydrogens is 248 g/mol. The van der Waals surface area contributed by atoms with Gasteiger partial charge >= 0.3 is 0 Å². The number of halogens is 1. The number of benzene rings is 1. The van der Waals surface area contributed by atoms with Crippen molar-refractivity contribution in [2.24, 2.45) is 0 Å². The average molecular weight is 269 g/mol. The van der Waals surface area contributed by atoms with E-state index in [1.165, 1.54) is 11.1 Å². The topological polar surface area (TPSA) is 24.5 Å². The Balaban J connectivity index is 1.87. The van der Waals surface area contributed by atoms with E-state index < -0.39 is 0 Å². The first-order valence-electron chi connectivity index (χ1n) is 6.41. The van der Waals surface area contributed by atoms with E-state index in [1.54, 1.807) is 0 Å². The molecule has 1 heterocycles. The quantitative estimate of drug-likeness (QED) is 0.905. The lowest BCUT2D eigenvalue weighted by Crippen LogP contribution is -2.44. The highest BCUT2D eigenvalue weighted by Gasteiger charge is 2.15. The van der Waals surface area contributed by atoms with E-state index in [1.807, 2.05) is 12.1 Å². The highest BCUT2D eigenvalue weighted by Crippen LogP contribution is 2.16. The Morgan fingerprint density at radius 2 is 2.33 bits per heavy atom. The van der Waals surface area contributed by atoms with E-state index in [9.17, 15) is 0 Å². The molecule has 1 aliphatic heterocycles. The number of likely N-dealkylation sites (N-methyl/N-ethyl adjacent to an activating group) is 1. The lowest BCUT2D eigenvalue weighted by atomic mass is 10.1. The minimum absolute atomic E-state index is 0.302. The Morgan fingerprint density at radius 3 is 3.00 bits per heavy atom. The van der Waals surface area contributed by atoms with Crippen molar-refractivity contribution in [2.45, 2.75) is 19.6 Å². The van der Waals surface area contributed by atoms with Gasteiger partial charge in [0.05, 0.1) is 12.7 Å². The zero-order valence-electron chi connectivity index (χ0n) is 11.1. The summed E-state index contributed by atoms with van der Waals surface area (Å²) in [5.41, 5.74) is 2.57. The summed E-state index contributed by atoms with van der Waals surface area (Å²) in [5.74, 6) is 0. The van der Waals surface area contributed by atoms with Crippen LogP contribution in [-0.2, 0) is 11.3 Å². The number of morpholine rings is 1. The molecule has 4 heteroatoms. The first-order valence-corrected chi connectivity index (χ1v) is 6.79. The molecule has 1 fully saturated rings. The van der Waals surface area contributed by atoms with Gasteiger partial charge in [0.2, 0.25) is 0 Å². The van der Waals surface area contributed by atoms with Crippen LogP contribution in [0.3, 0.4) is 0 Å². The molecule has 1 aromatic carbocycles. The van der Waals surface area contributed by atoms with Crippen molar-refractivity contribution >= 4 is 11.6 Å². The Kier molecular flexibility index (Phi) is 5.01. The normalized spacial score (nSPS) is 20.3. The Bertz CT molecular complexity index is 391. The number of hydrogen-bond donors (Lipinski definition) is 1. The highest BCUT2D eigenvalue weighted by atomic mass is 35.5. The van der Waals surface area contributed by atoms with Gasteiger partial charge in [-0.15, -0.1) is 0 Å². The van der Waals surface area contributed by atoms with Crippen LogP contribution in [0, 0.1) is 6.92 Å². The lowest BCUT2D eigenvalue weighted by Gasteiger charge is -2.28. The molecule has 1 saturated heterocycles. The van der Waals surface area contributed by atoms with E-state index in [2.05, 4.69) is 30.3 Å². The van der Waals surface area contributed by atoms with E-state index in [4.69, 9.17) is 16.3 Å². The van der Waals surface area contributed by atoms with E-state index in [0.717, 1.165) is 37.8 Å². The summed E-state index contributed by atoms with van der Waals surface area (Å²) in [7, 11) is 2.13. The van der Waals surface area contributed by atoms with Crippen LogP contribution < -0.4 is 5.32 Å². The molecule has 0 bridgehead atoms. The van der Waals surface area contributed by atoms with Crippen LogP contribution in [0.5, 0.6) is 0 Å². The van der Waals surface area contributed by atoms with Gasteiger partial charge in [0.1, 0.15) is 0 Å². The molecule has 3 nitrogen and oxygen atoms in total. The summed E-state index contributed by atoms with van der Waals surface area (Å²) in [5, 5.41) is 4.16. The Labute approximate surface area is 114 Å². The number of nitrogens with zero attached hydrogens (tertiary/aromatic N) is 1. The predicted molar refractivity (Wildman–Crippen MR) is 75.1 cm³/mol. The van der Waals surface area contributed by atoms with Crippen LogP contribution in [-0.4, -0.2) is 44.3 Å². The molecule has 100 valence electrons. The fraction of sp³-hybridized carbons (Fsp3) is 0.571. The fourth-order valence-corrected chi connectivity index (χ4v) is 2.50. The van der Waals surface area contributed by atoms with Gasteiger partial charge in [0.25, 0.3) is 0 Å². The molecular formula is C14H21ClN2O. The van der Waals surface area contributed by atoms with Crippen LogP contribution in [0.25, 0.3) is 0 Å². The van der Waals surface area contributed by atoms with Crippen molar-refractivity contribution in [1.29, 1.82) is 0 Å². The minimum atomic E-state index is 0.302. The molecule has 0 amide bonds. The standard InChI is InChI=1S/C14H21ClN2O/c1-11-7-13(15)4-3-12(11)9-17(2)10-14-8-16-5-6-18-14/h3-4,7,14,16H,5-6,8-10H2,1-2H3. The van der Waals surface area contributed by atoms with Gasteiger partial charge in [-0.1, -0.05) is 17.7 Å². The van der Waals surface area contributed by atoms with Crippen LogP contribution >= 0.6 is 11.6 Å². The van der Waals surface area contributed by atoms with Gasteiger partial charge in [0, 0.05) is 31.2 Å². The second kappa shape index (κ2) is 6.53. The molecule has 0 saturated carbocycles. The monoisotopic (exact) mass is 268 g/mol. The smallest absolute Gasteiger partial charge is 0.0826 e. The number of aryl methyl sites for hydroxylation is 1. The Morgan fingerprint density at radius 1 is 1.50 bits per heavy atom. The van der Waals surface area contributed by atoms with E-state index in [0.29, 0.717) is 6.10 Å². The van der Waals surface area contributed by atoms with E-state index in [-0.39, 0.29) is 0 Å². The average Bonchev–Trinajstić information content (AvgIpc) is 2.34. The van der Waals surface area contributed by atoms with Crippen molar-refractivity contribution in [3.8, 4) is 0 Å². The van der Waals surface area contributed by atoms with Crippen LogP contribution in [0.4, 0.5) is 0 Å². The minimum Gasteiger partial charge on any atom is -0.374 e. The molecule has 1 N–H and O–H groups in total. The molecule has 2 rings (SSSR count). The molecule has 1 unspecified atom stereocenters. The van der Waals surface area contributed by atoms with Gasteiger partial charge in [-0.25, -0.2) is 0 Å². The van der Waals surface area contributed by atoms with E-state index >= 15 is 0 Å². The van der Waals surface area contributed by atoms with Crippen LogP contribution in [0.2, 0.25) is 5.02 Å². The number of rotatable bonds is 4. The second-order valence-corrected chi connectivity index (χ2v) is 5.40. The molecule has 1 aromatic rings. The lowest BCUT2D eigenvalue weighted by molar-refractivity contribution is 0.00882. The van der Waals surface area contributed by atoms with Gasteiger partial charge in [-0.2, -0.15) is 0 Å². The van der Waals surface area contributed by atoms with Crippen molar-refractivity contribution in [2.75, 3.05) is 33.3 Å². The van der Waals surface area contributed by atoms with Crippen molar-refractivity contribution in [1.82, 2.24) is 10.2 Å². The van der Waals surface area contributed by atoms with Gasteiger partial charge in [0.15, 0.2) is 0 Å². The van der Waals surface area contributed by atoms with Crippen molar-refractivity contribution in [3.05, 3.63) is 34.3 Å². The maximum Gasteiger partial charge on any atom is 0.0826 e. The van der Waals surface area contributed by atoms with Crippen LogP contribution in [0.1, 0.15) is 11.1 Å². The number of hydrogen-bond acceptors (Lipinski definition) is 3. The van der Waals surface area contributed by atoms with Crippen molar-refractivity contribution in [3.63, 3.8) is 0 Å². The molecule has 0 aliphatic carbocycles.